The van der Waals surface area contributed by atoms with Crippen LogP contribution >= 0.6 is 0 Å². The first kappa shape index (κ1) is 19.1. The summed E-state index contributed by atoms with van der Waals surface area (Å²) in [5.41, 5.74) is 0.452. The van der Waals surface area contributed by atoms with E-state index in [9.17, 15) is 25.0 Å². The Kier molecular flexibility index (Phi) is 5.39. The first-order valence-corrected chi connectivity index (χ1v) is 8.52. The van der Waals surface area contributed by atoms with E-state index < -0.39 is 9.85 Å². The van der Waals surface area contributed by atoms with Gasteiger partial charge in [-0.05, 0) is 12.1 Å². The molecule has 0 spiro atoms. The molecule has 0 atom stereocenters. The van der Waals surface area contributed by atoms with Crippen LogP contribution in [0.3, 0.4) is 0 Å². The van der Waals surface area contributed by atoms with Crippen LogP contribution in [0, 0.1) is 20.2 Å². The van der Waals surface area contributed by atoms with Crippen molar-refractivity contribution in [3.8, 4) is 5.75 Å². The van der Waals surface area contributed by atoms with Gasteiger partial charge in [-0.3, -0.25) is 25.0 Å². The number of para-hydroxylation sites is 2. The van der Waals surface area contributed by atoms with E-state index in [1.54, 1.807) is 23.1 Å². The van der Waals surface area contributed by atoms with Gasteiger partial charge >= 0.3 is 0 Å². The molecule has 0 saturated carbocycles. The third kappa shape index (κ3) is 3.70. The molecule has 10 nitrogen and oxygen atoms in total. The molecule has 1 aliphatic heterocycles. The Morgan fingerprint density at radius 3 is 2.29 bits per heavy atom. The van der Waals surface area contributed by atoms with Crippen LogP contribution < -0.4 is 9.64 Å². The lowest BCUT2D eigenvalue weighted by Gasteiger charge is -2.36. The Balaban J connectivity index is 1.77. The highest BCUT2D eigenvalue weighted by molar-refractivity contribution is 5.97. The lowest BCUT2D eigenvalue weighted by Crippen LogP contribution is -2.49. The van der Waals surface area contributed by atoms with E-state index in [-0.39, 0.29) is 28.6 Å². The molecule has 0 aromatic heterocycles. The number of methoxy groups -OCH3 is 1. The van der Waals surface area contributed by atoms with E-state index in [2.05, 4.69) is 0 Å². The van der Waals surface area contributed by atoms with Crippen molar-refractivity contribution in [1.29, 1.82) is 0 Å². The van der Waals surface area contributed by atoms with Gasteiger partial charge in [0, 0.05) is 44.4 Å². The Morgan fingerprint density at radius 1 is 1.00 bits per heavy atom. The van der Waals surface area contributed by atoms with Crippen LogP contribution in [0.5, 0.6) is 5.75 Å². The number of ether oxygens (including phenoxy) is 1. The largest absolute Gasteiger partial charge is 0.496 e. The Labute approximate surface area is 160 Å². The summed E-state index contributed by atoms with van der Waals surface area (Å²) in [5.74, 6) is -0.112. The smallest absolute Gasteiger partial charge is 0.292 e. The monoisotopic (exact) mass is 386 g/mol. The summed E-state index contributed by atoms with van der Waals surface area (Å²) in [6.07, 6.45) is 0. The van der Waals surface area contributed by atoms with Crippen molar-refractivity contribution in [3.63, 3.8) is 0 Å². The van der Waals surface area contributed by atoms with Crippen molar-refractivity contribution in [2.24, 2.45) is 0 Å². The van der Waals surface area contributed by atoms with Crippen LogP contribution in [0.15, 0.2) is 42.5 Å². The van der Waals surface area contributed by atoms with Crippen molar-refractivity contribution >= 4 is 23.0 Å². The maximum Gasteiger partial charge on any atom is 0.292 e. The van der Waals surface area contributed by atoms with E-state index in [0.29, 0.717) is 31.9 Å². The van der Waals surface area contributed by atoms with Crippen molar-refractivity contribution in [2.45, 2.75) is 0 Å². The number of piperazine rings is 1. The van der Waals surface area contributed by atoms with Crippen molar-refractivity contribution < 1.29 is 19.4 Å². The molecular formula is C18H18N4O6. The molecule has 28 heavy (non-hydrogen) atoms. The standard InChI is InChI=1S/C18H18N4O6/c1-28-17-7-6-13(21(24)25)12-14(17)18(23)20-10-8-19(9-11-20)15-4-2-3-5-16(15)22(26)27/h2-7,12H,8-11H2,1H3. The predicted octanol–water partition coefficient (Wildman–Crippen LogP) is 2.47. The minimum Gasteiger partial charge on any atom is -0.496 e. The van der Waals surface area contributed by atoms with Gasteiger partial charge in [0.25, 0.3) is 17.3 Å². The van der Waals surface area contributed by atoms with Gasteiger partial charge in [0.05, 0.1) is 22.5 Å². The summed E-state index contributed by atoms with van der Waals surface area (Å²) in [7, 11) is 1.39. The SMILES string of the molecule is COc1ccc([N+](=O)[O-])cc1C(=O)N1CCN(c2ccccc2[N+](=O)[O-])CC1. The van der Waals surface area contributed by atoms with Gasteiger partial charge < -0.3 is 14.5 Å². The molecule has 2 aromatic carbocycles. The van der Waals surface area contributed by atoms with Crippen LogP contribution in [-0.2, 0) is 0 Å². The van der Waals surface area contributed by atoms with Crippen LogP contribution in [0.2, 0.25) is 0 Å². The number of nitrogens with zero attached hydrogens (tertiary/aromatic N) is 4. The molecule has 3 rings (SSSR count). The molecule has 0 radical (unpaired) electrons. The Morgan fingerprint density at radius 2 is 1.68 bits per heavy atom. The molecule has 146 valence electrons. The molecule has 1 fully saturated rings. The number of amides is 1. The summed E-state index contributed by atoms with van der Waals surface area (Å²) < 4.78 is 5.17. The average molecular weight is 386 g/mol. The maximum absolute atomic E-state index is 12.9. The molecule has 0 bridgehead atoms. The molecule has 1 amide bonds. The molecule has 1 saturated heterocycles. The van der Waals surface area contributed by atoms with E-state index in [4.69, 9.17) is 4.74 Å². The van der Waals surface area contributed by atoms with E-state index in [1.165, 1.54) is 31.4 Å². The number of nitro benzene ring substituents is 2. The predicted molar refractivity (Wildman–Crippen MR) is 101 cm³/mol. The van der Waals surface area contributed by atoms with Crippen LogP contribution in [0.4, 0.5) is 17.1 Å². The number of hydrogen-bond donors (Lipinski definition) is 0. The van der Waals surface area contributed by atoms with Gasteiger partial charge in [-0.25, -0.2) is 0 Å². The second-order valence-electron chi connectivity index (χ2n) is 6.17. The minimum atomic E-state index is -0.567. The Bertz CT molecular complexity index is 924. The molecule has 10 heteroatoms. The van der Waals surface area contributed by atoms with Gasteiger partial charge in [0.1, 0.15) is 11.4 Å². The minimum absolute atomic E-state index is 0.0163. The first-order chi connectivity index (χ1) is 13.4. The van der Waals surface area contributed by atoms with Gasteiger partial charge in [-0.1, -0.05) is 12.1 Å². The second-order valence-corrected chi connectivity index (χ2v) is 6.17. The zero-order chi connectivity index (χ0) is 20.3. The first-order valence-electron chi connectivity index (χ1n) is 8.52. The second kappa shape index (κ2) is 7.91. The van der Waals surface area contributed by atoms with E-state index in [1.807, 2.05) is 4.90 Å². The number of non-ortho nitro benzene ring substituents is 1. The number of anilines is 1. The summed E-state index contributed by atoms with van der Waals surface area (Å²) in [6, 6.07) is 10.3. The lowest BCUT2D eigenvalue weighted by atomic mass is 10.1. The quantitative estimate of drug-likeness (QED) is 0.572. The van der Waals surface area contributed by atoms with Crippen molar-refractivity contribution in [2.75, 3.05) is 38.2 Å². The molecule has 1 heterocycles. The topological polar surface area (TPSA) is 119 Å². The average Bonchev–Trinajstić information content (AvgIpc) is 2.72. The Hall–Kier alpha value is -3.69. The molecule has 0 aliphatic carbocycles. The number of carbonyl (C=O) groups excluding carboxylic acids is 1. The van der Waals surface area contributed by atoms with Crippen LogP contribution in [-0.4, -0.2) is 53.9 Å². The summed E-state index contributed by atoms with van der Waals surface area (Å²) in [4.78, 5) is 37.5. The lowest BCUT2D eigenvalue weighted by molar-refractivity contribution is -0.384. The number of hydrogen-bond acceptors (Lipinski definition) is 7. The van der Waals surface area contributed by atoms with Gasteiger partial charge in [-0.2, -0.15) is 0 Å². The number of nitro groups is 2. The number of rotatable bonds is 5. The van der Waals surface area contributed by atoms with Gasteiger partial charge in [0.2, 0.25) is 0 Å². The highest BCUT2D eigenvalue weighted by Crippen LogP contribution is 2.29. The molecular weight excluding hydrogens is 368 g/mol. The van der Waals surface area contributed by atoms with Crippen molar-refractivity contribution in [1.82, 2.24) is 4.90 Å². The third-order valence-electron chi connectivity index (χ3n) is 4.61. The zero-order valence-electron chi connectivity index (χ0n) is 15.1. The highest BCUT2D eigenvalue weighted by Gasteiger charge is 2.28. The normalized spacial score (nSPS) is 13.9. The molecule has 2 aromatic rings. The maximum atomic E-state index is 12.9. The van der Waals surface area contributed by atoms with E-state index >= 15 is 0 Å². The highest BCUT2D eigenvalue weighted by atomic mass is 16.6. The third-order valence-corrected chi connectivity index (χ3v) is 4.61. The summed E-state index contributed by atoms with van der Waals surface area (Å²) in [5, 5.41) is 22.2. The van der Waals surface area contributed by atoms with E-state index in [0.717, 1.165) is 0 Å². The summed E-state index contributed by atoms with van der Waals surface area (Å²) in [6.45, 7) is 1.48. The fourth-order valence-corrected chi connectivity index (χ4v) is 3.18. The number of carbonyl (C=O) groups is 1. The van der Waals surface area contributed by atoms with Gasteiger partial charge in [0.15, 0.2) is 0 Å². The number of benzene rings is 2. The van der Waals surface area contributed by atoms with Gasteiger partial charge in [-0.15, -0.1) is 0 Å². The van der Waals surface area contributed by atoms with Crippen LogP contribution in [0.25, 0.3) is 0 Å². The summed E-state index contributed by atoms with van der Waals surface area (Å²) >= 11 is 0. The zero-order valence-corrected chi connectivity index (χ0v) is 15.1. The van der Waals surface area contributed by atoms with Crippen LogP contribution in [0.1, 0.15) is 10.4 Å². The fourth-order valence-electron chi connectivity index (χ4n) is 3.18. The molecule has 0 unspecified atom stereocenters. The molecule has 1 aliphatic rings. The fraction of sp³-hybridized carbons (Fsp3) is 0.278. The molecule has 0 N–H and O–H groups in total. The van der Waals surface area contributed by atoms with Crippen molar-refractivity contribution in [3.05, 3.63) is 68.3 Å².